The molecule has 0 saturated heterocycles. The smallest absolute Gasteiger partial charge is 0.226 e. The van der Waals surface area contributed by atoms with Gasteiger partial charge in [-0.05, 0) is 36.4 Å². The molecule has 1 amide bonds. The van der Waals surface area contributed by atoms with Gasteiger partial charge in [0.2, 0.25) is 5.91 Å². The Morgan fingerprint density at radius 3 is 2.74 bits per heavy atom. The van der Waals surface area contributed by atoms with Gasteiger partial charge in [-0.15, -0.1) is 0 Å². The first-order valence-electron chi connectivity index (χ1n) is 8.42. The largest absolute Gasteiger partial charge is 0.463 e. The van der Waals surface area contributed by atoms with E-state index in [-0.39, 0.29) is 24.1 Å². The lowest BCUT2D eigenvalue weighted by molar-refractivity contribution is -0.116. The number of furan rings is 1. The van der Waals surface area contributed by atoms with Crippen LogP contribution in [0.5, 0.6) is 0 Å². The average Bonchev–Trinajstić information content (AvgIpc) is 3.41. The molecule has 1 aromatic carbocycles. The summed E-state index contributed by atoms with van der Waals surface area (Å²) in [7, 11) is 0. The number of halogens is 1. The van der Waals surface area contributed by atoms with Crippen LogP contribution in [-0.2, 0) is 4.79 Å². The first-order chi connectivity index (χ1) is 13.2. The number of hydrogen-bond donors (Lipinski definition) is 3. The number of carbonyl (C=O) groups is 1. The summed E-state index contributed by atoms with van der Waals surface area (Å²) in [6.45, 7) is 0. The maximum atomic E-state index is 13.3. The van der Waals surface area contributed by atoms with Gasteiger partial charge in [0.05, 0.1) is 18.2 Å². The molecule has 1 atom stereocenters. The summed E-state index contributed by atoms with van der Waals surface area (Å²) in [6, 6.07) is 9.77. The van der Waals surface area contributed by atoms with Crippen molar-refractivity contribution in [2.24, 2.45) is 0 Å². The number of amides is 1. The first kappa shape index (κ1) is 15.6. The van der Waals surface area contributed by atoms with Crippen LogP contribution in [0, 0.1) is 5.82 Å². The monoisotopic (exact) mass is 363 g/mol. The number of nitrogens with one attached hydrogen (secondary N) is 3. The second-order valence-electron chi connectivity index (χ2n) is 6.35. The van der Waals surface area contributed by atoms with Gasteiger partial charge in [-0.2, -0.15) is 10.2 Å². The Morgan fingerprint density at radius 2 is 1.96 bits per heavy atom. The van der Waals surface area contributed by atoms with E-state index in [4.69, 9.17) is 4.42 Å². The van der Waals surface area contributed by atoms with Gasteiger partial charge in [-0.1, -0.05) is 0 Å². The van der Waals surface area contributed by atoms with Crippen molar-refractivity contribution >= 4 is 11.7 Å². The summed E-state index contributed by atoms with van der Waals surface area (Å²) in [5.41, 5.74) is 3.93. The highest BCUT2D eigenvalue weighted by molar-refractivity contribution is 5.96. The van der Waals surface area contributed by atoms with Crippen LogP contribution < -0.4 is 5.32 Å². The van der Waals surface area contributed by atoms with Crippen molar-refractivity contribution in [1.29, 1.82) is 0 Å². The minimum absolute atomic E-state index is 0.128. The topological polar surface area (TPSA) is 99.6 Å². The molecule has 1 unspecified atom stereocenters. The standard InChI is InChI=1S/C19H14FN5O2/c20-11-5-3-10(4-6-11)17-13(9-21-23-17)12-8-15(26)22-19-16(12)18(24-25-19)14-2-1-7-27-14/h1-7,9,12H,8H2,(H,21,23)(H2,22,24,25,26). The third-order valence-corrected chi connectivity index (χ3v) is 4.74. The van der Waals surface area contributed by atoms with Gasteiger partial charge in [0.1, 0.15) is 11.5 Å². The Bertz CT molecular complexity index is 1110. The van der Waals surface area contributed by atoms with Crippen molar-refractivity contribution in [2.75, 3.05) is 5.32 Å². The molecule has 1 aliphatic heterocycles. The molecule has 0 saturated carbocycles. The van der Waals surface area contributed by atoms with Gasteiger partial charge in [0.15, 0.2) is 11.6 Å². The van der Waals surface area contributed by atoms with Gasteiger partial charge in [-0.3, -0.25) is 15.0 Å². The predicted molar refractivity (Wildman–Crippen MR) is 95.4 cm³/mol. The van der Waals surface area contributed by atoms with Crippen molar-refractivity contribution in [2.45, 2.75) is 12.3 Å². The zero-order valence-electron chi connectivity index (χ0n) is 14.0. The third kappa shape index (κ3) is 2.53. The molecule has 3 N–H and O–H groups in total. The summed E-state index contributed by atoms with van der Waals surface area (Å²) < 4.78 is 18.8. The Morgan fingerprint density at radius 1 is 1.11 bits per heavy atom. The number of aromatic nitrogens is 4. The summed E-state index contributed by atoms with van der Waals surface area (Å²) in [5, 5.41) is 17.1. The van der Waals surface area contributed by atoms with E-state index in [0.29, 0.717) is 17.3 Å². The maximum Gasteiger partial charge on any atom is 0.226 e. The fourth-order valence-electron chi connectivity index (χ4n) is 3.54. The molecule has 4 heterocycles. The fourth-order valence-corrected chi connectivity index (χ4v) is 3.54. The van der Waals surface area contributed by atoms with Crippen LogP contribution in [0.4, 0.5) is 10.2 Å². The highest BCUT2D eigenvalue weighted by atomic mass is 19.1. The molecule has 0 radical (unpaired) electrons. The lowest BCUT2D eigenvalue weighted by atomic mass is 9.84. The molecule has 27 heavy (non-hydrogen) atoms. The molecule has 8 heteroatoms. The number of benzene rings is 1. The second kappa shape index (κ2) is 5.94. The molecule has 134 valence electrons. The SMILES string of the molecule is O=C1CC(c2cn[nH]c2-c2ccc(F)cc2)c2c(n[nH]c2-c2ccco2)N1. The van der Waals surface area contributed by atoms with E-state index in [2.05, 4.69) is 25.7 Å². The van der Waals surface area contributed by atoms with Crippen molar-refractivity contribution in [3.63, 3.8) is 0 Å². The molecule has 0 aliphatic carbocycles. The lowest BCUT2D eigenvalue weighted by Crippen LogP contribution is -2.23. The van der Waals surface area contributed by atoms with Crippen LogP contribution in [0.1, 0.15) is 23.5 Å². The molecule has 5 rings (SSSR count). The Balaban J connectivity index is 1.66. The molecule has 0 bridgehead atoms. The molecule has 0 fully saturated rings. The van der Waals surface area contributed by atoms with Gasteiger partial charge in [0, 0.05) is 29.0 Å². The molecule has 0 spiro atoms. The van der Waals surface area contributed by atoms with E-state index < -0.39 is 0 Å². The molecule has 4 aromatic rings. The van der Waals surface area contributed by atoms with Gasteiger partial charge in [0.25, 0.3) is 0 Å². The summed E-state index contributed by atoms with van der Waals surface area (Å²) in [4.78, 5) is 12.3. The number of nitrogens with zero attached hydrogens (tertiary/aromatic N) is 2. The number of hydrogen-bond acceptors (Lipinski definition) is 4. The highest BCUT2D eigenvalue weighted by Gasteiger charge is 2.34. The van der Waals surface area contributed by atoms with Crippen molar-refractivity contribution < 1.29 is 13.6 Å². The van der Waals surface area contributed by atoms with Gasteiger partial charge < -0.3 is 9.73 Å². The lowest BCUT2D eigenvalue weighted by Gasteiger charge is -2.23. The normalized spacial score (nSPS) is 16.2. The Kier molecular flexibility index (Phi) is 3.43. The minimum Gasteiger partial charge on any atom is -0.463 e. The zero-order valence-corrected chi connectivity index (χ0v) is 14.0. The number of rotatable bonds is 3. The molecule has 1 aliphatic rings. The summed E-state index contributed by atoms with van der Waals surface area (Å²) in [5.74, 6) is 0.405. The quantitative estimate of drug-likeness (QED) is 0.517. The van der Waals surface area contributed by atoms with E-state index in [0.717, 1.165) is 22.4 Å². The van der Waals surface area contributed by atoms with E-state index >= 15 is 0 Å². The number of carbonyl (C=O) groups excluding carboxylic acids is 1. The van der Waals surface area contributed by atoms with Crippen molar-refractivity contribution in [3.8, 4) is 22.7 Å². The summed E-state index contributed by atoms with van der Waals surface area (Å²) in [6.07, 6.45) is 3.53. The van der Waals surface area contributed by atoms with Crippen LogP contribution in [-0.4, -0.2) is 26.3 Å². The van der Waals surface area contributed by atoms with Gasteiger partial charge in [-0.25, -0.2) is 4.39 Å². The van der Waals surface area contributed by atoms with Crippen LogP contribution in [0.15, 0.2) is 53.3 Å². The zero-order chi connectivity index (χ0) is 18.4. The van der Waals surface area contributed by atoms with E-state index in [1.165, 1.54) is 12.1 Å². The number of anilines is 1. The van der Waals surface area contributed by atoms with E-state index in [9.17, 15) is 9.18 Å². The van der Waals surface area contributed by atoms with E-state index in [1.54, 1.807) is 30.7 Å². The second-order valence-corrected chi connectivity index (χ2v) is 6.35. The average molecular weight is 363 g/mol. The van der Waals surface area contributed by atoms with E-state index in [1.807, 2.05) is 6.07 Å². The number of fused-ring (bicyclic) bond motifs is 1. The van der Waals surface area contributed by atoms with Crippen LogP contribution in [0.3, 0.4) is 0 Å². The Hall–Kier alpha value is -3.68. The third-order valence-electron chi connectivity index (χ3n) is 4.74. The summed E-state index contributed by atoms with van der Waals surface area (Å²) >= 11 is 0. The maximum absolute atomic E-state index is 13.3. The van der Waals surface area contributed by atoms with Crippen molar-refractivity contribution in [1.82, 2.24) is 20.4 Å². The molecular formula is C19H14FN5O2. The molecule has 3 aromatic heterocycles. The fraction of sp³-hybridized carbons (Fsp3) is 0.105. The van der Waals surface area contributed by atoms with Crippen LogP contribution >= 0.6 is 0 Å². The Labute approximate surface area is 152 Å². The number of aromatic amines is 2. The molecule has 7 nitrogen and oxygen atoms in total. The van der Waals surface area contributed by atoms with Crippen LogP contribution in [0.2, 0.25) is 0 Å². The van der Waals surface area contributed by atoms with Crippen molar-refractivity contribution in [3.05, 3.63) is 65.8 Å². The first-order valence-corrected chi connectivity index (χ1v) is 8.42. The highest BCUT2D eigenvalue weighted by Crippen LogP contribution is 2.43. The van der Waals surface area contributed by atoms with Gasteiger partial charge >= 0.3 is 0 Å². The number of H-pyrrole nitrogens is 2. The molecular weight excluding hydrogens is 349 g/mol. The predicted octanol–water partition coefficient (Wildman–Crippen LogP) is 3.67. The van der Waals surface area contributed by atoms with Crippen LogP contribution in [0.25, 0.3) is 22.7 Å². The minimum atomic E-state index is -0.311.